The highest BCUT2D eigenvalue weighted by Gasteiger charge is 2.39. The van der Waals surface area contributed by atoms with Crippen molar-refractivity contribution in [2.75, 3.05) is 13.1 Å². The molecule has 0 amide bonds. The Labute approximate surface area is 138 Å². The lowest BCUT2D eigenvalue weighted by Crippen LogP contribution is -2.53. The minimum Gasteiger partial charge on any atom is -0.372 e. The molecule has 0 aliphatic carbocycles. The van der Waals surface area contributed by atoms with Gasteiger partial charge in [0.1, 0.15) is 0 Å². The molecular formula is C15H23ClN2O3S. The van der Waals surface area contributed by atoms with E-state index in [9.17, 15) is 8.42 Å². The second-order valence-electron chi connectivity index (χ2n) is 6.65. The third kappa shape index (κ3) is 3.03. The predicted molar refractivity (Wildman–Crippen MR) is 87.3 cm³/mol. The number of rotatable bonds is 2. The Kier molecular flexibility index (Phi) is 4.90. The molecule has 0 spiro atoms. The highest BCUT2D eigenvalue weighted by atomic mass is 35.5. The molecule has 2 N–H and O–H groups in total. The minimum atomic E-state index is -3.46. The molecule has 1 aromatic carbocycles. The number of halogens is 1. The summed E-state index contributed by atoms with van der Waals surface area (Å²) in [7, 11) is -3.46. The molecule has 2 heterocycles. The van der Waals surface area contributed by atoms with Gasteiger partial charge in [-0.1, -0.05) is 19.9 Å². The van der Waals surface area contributed by atoms with E-state index in [0.29, 0.717) is 37.6 Å². The van der Waals surface area contributed by atoms with E-state index >= 15 is 0 Å². The van der Waals surface area contributed by atoms with Gasteiger partial charge in [0.25, 0.3) is 0 Å². The highest BCUT2D eigenvalue weighted by molar-refractivity contribution is 7.89. The molecule has 1 atom stereocenters. The highest BCUT2D eigenvalue weighted by Crippen LogP contribution is 2.32. The predicted octanol–water partition coefficient (Wildman–Crippen LogP) is 1.89. The molecule has 0 bridgehead atoms. The number of hydrogen-bond acceptors (Lipinski definition) is 4. The smallest absolute Gasteiger partial charge is 0.243 e. The zero-order valence-electron chi connectivity index (χ0n) is 12.9. The van der Waals surface area contributed by atoms with Crippen LogP contribution in [-0.2, 0) is 28.0 Å². The molecule has 3 rings (SSSR count). The summed E-state index contributed by atoms with van der Waals surface area (Å²) < 4.78 is 32.6. The Morgan fingerprint density at radius 1 is 1.27 bits per heavy atom. The van der Waals surface area contributed by atoms with Crippen molar-refractivity contribution in [2.45, 2.75) is 44.4 Å². The van der Waals surface area contributed by atoms with Crippen LogP contribution in [0, 0.1) is 5.41 Å². The summed E-state index contributed by atoms with van der Waals surface area (Å²) >= 11 is 0. The lowest BCUT2D eigenvalue weighted by Gasteiger charge is -2.41. The van der Waals surface area contributed by atoms with Crippen molar-refractivity contribution in [3.8, 4) is 0 Å². The molecule has 1 saturated heterocycles. The molecule has 0 saturated carbocycles. The number of sulfonamides is 1. The number of hydrogen-bond donors (Lipinski definition) is 1. The standard InChI is InChI=1S/C15H22N2O3S.ClH/c1-15(2)10-17(6-5-14(15)16)21(18,19)13-4-3-11-8-20-9-12(11)7-13;/h3-4,7,14H,5-6,8-10,16H2,1-2H3;1H. The Balaban J connectivity index is 0.00000176. The second-order valence-corrected chi connectivity index (χ2v) is 8.58. The van der Waals surface area contributed by atoms with Gasteiger partial charge in [-0.25, -0.2) is 8.42 Å². The van der Waals surface area contributed by atoms with Gasteiger partial charge in [0.05, 0.1) is 18.1 Å². The van der Waals surface area contributed by atoms with Gasteiger partial charge in [0.2, 0.25) is 10.0 Å². The first-order valence-electron chi connectivity index (χ1n) is 7.26. The van der Waals surface area contributed by atoms with Crippen LogP contribution >= 0.6 is 12.4 Å². The number of piperidine rings is 1. The van der Waals surface area contributed by atoms with Gasteiger partial charge in [0.15, 0.2) is 0 Å². The van der Waals surface area contributed by atoms with E-state index in [1.807, 2.05) is 19.9 Å². The number of nitrogens with two attached hydrogens (primary N) is 1. The topological polar surface area (TPSA) is 72.6 Å². The quantitative estimate of drug-likeness (QED) is 0.887. The molecule has 1 fully saturated rings. The summed E-state index contributed by atoms with van der Waals surface area (Å²) in [5, 5.41) is 0. The van der Waals surface area contributed by atoms with E-state index in [4.69, 9.17) is 10.5 Å². The zero-order chi connectivity index (χ0) is 15.3. The Morgan fingerprint density at radius 2 is 1.95 bits per heavy atom. The first kappa shape index (κ1) is 17.7. The maximum absolute atomic E-state index is 12.8. The molecule has 1 aromatic rings. The molecule has 22 heavy (non-hydrogen) atoms. The van der Waals surface area contributed by atoms with E-state index in [0.717, 1.165) is 11.1 Å². The van der Waals surface area contributed by atoms with Gasteiger partial charge in [-0.15, -0.1) is 12.4 Å². The van der Waals surface area contributed by atoms with Gasteiger partial charge >= 0.3 is 0 Å². The van der Waals surface area contributed by atoms with Gasteiger partial charge < -0.3 is 10.5 Å². The fourth-order valence-electron chi connectivity index (χ4n) is 2.99. The van der Waals surface area contributed by atoms with E-state index < -0.39 is 10.0 Å². The zero-order valence-corrected chi connectivity index (χ0v) is 14.5. The fraction of sp³-hybridized carbons (Fsp3) is 0.600. The van der Waals surface area contributed by atoms with E-state index in [2.05, 4.69) is 0 Å². The molecule has 0 aromatic heterocycles. The summed E-state index contributed by atoms with van der Waals surface area (Å²) in [5.41, 5.74) is 7.94. The van der Waals surface area contributed by atoms with Crippen molar-refractivity contribution in [1.82, 2.24) is 4.31 Å². The molecule has 2 aliphatic heterocycles. The molecule has 7 heteroatoms. The van der Waals surface area contributed by atoms with Crippen LogP contribution in [0.25, 0.3) is 0 Å². The lowest BCUT2D eigenvalue weighted by molar-refractivity contribution is 0.134. The summed E-state index contributed by atoms with van der Waals surface area (Å²) in [5.74, 6) is 0. The van der Waals surface area contributed by atoms with Crippen molar-refractivity contribution in [1.29, 1.82) is 0 Å². The van der Waals surface area contributed by atoms with Gasteiger partial charge in [-0.2, -0.15) is 4.31 Å². The van der Waals surface area contributed by atoms with Crippen LogP contribution in [0.15, 0.2) is 23.1 Å². The minimum absolute atomic E-state index is 0. The third-order valence-corrected chi connectivity index (χ3v) is 6.45. The number of fused-ring (bicyclic) bond motifs is 1. The number of nitrogens with zero attached hydrogens (tertiary/aromatic N) is 1. The van der Waals surface area contributed by atoms with Crippen molar-refractivity contribution < 1.29 is 13.2 Å². The van der Waals surface area contributed by atoms with E-state index in [1.165, 1.54) is 0 Å². The number of benzene rings is 1. The van der Waals surface area contributed by atoms with Gasteiger partial charge in [0, 0.05) is 19.1 Å². The molecule has 2 aliphatic rings. The van der Waals surface area contributed by atoms with Crippen LogP contribution in [0.4, 0.5) is 0 Å². The lowest BCUT2D eigenvalue weighted by atomic mass is 9.81. The number of ether oxygens (including phenoxy) is 1. The second kappa shape index (κ2) is 6.09. The summed E-state index contributed by atoms with van der Waals surface area (Å²) in [4.78, 5) is 0.359. The first-order chi connectivity index (χ1) is 9.80. The third-order valence-electron chi connectivity index (χ3n) is 4.61. The van der Waals surface area contributed by atoms with Gasteiger partial charge in [-0.05, 0) is 35.1 Å². The average molecular weight is 347 g/mol. The van der Waals surface area contributed by atoms with E-state index in [-0.39, 0.29) is 23.9 Å². The van der Waals surface area contributed by atoms with Crippen LogP contribution in [0.5, 0.6) is 0 Å². The Bertz CT molecular complexity index is 661. The molecule has 5 nitrogen and oxygen atoms in total. The maximum atomic E-state index is 12.8. The SMILES string of the molecule is CC1(C)CN(S(=O)(=O)c2ccc3c(c2)COC3)CCC1N.Cl. The van der Waals surface area contributed by atoms with Crippen molar-refractivity contribution in [3.63, 3.8) is 0 Å². The van der Waals surface area contributed by atoms with Crippen LogP contribution in [0.2, 0.25) is 0 Å². The Hall–Kier alpha value is -0.660. The maximum Gasteiger partial charge on any atom is 0.243 e. The fourth-order valence-corrected chi connectivity index (χ4v) is 4.67. The summed E-state index contributed by atoms with van der Waals surface area (Å²) in [6, 6.07) is 5.33. The Morgan fingerprint density at radius 3 is 2.64 bits per heavy atom. The normalized spacial score (nSPS) is 24.6. The van der Waals surface area contributed by atoms with Crippen molar-refractivity contribution in [3.05, 3.63) is 29.3 Å². The summed E-state index contributed by atoms with van der Waals surface area (Å²) in [6.45, 7) is 6.06. The summed E-state index contributed by atoms with van der Waals surface area (Å²) in [6.07, 6.45) is 0.695. The van der Waals surface area contributed by atoms with Crippen LogP contribution < -0.4 is 5.73 Å². The van der Waals surface area contributed by atoms with Gasteiger partial charge in [-0.3, -0.25) is 0 Å². The average Bonchev–Trinajstić information content (AvgIpc) is 2.88. The molecule has 1 unspecified atom stereocenters. The van der Waals surface area contributed by atoms with E-state index in [1.54, 1.807) is 16.4 Å². The van der Waals surface area contributed by atoms with Crippen LogP contribution in [-0.4, -0.2) is 31.9 Å². The monoisotopic (exact) mass is 346 g/mol. The van der Waals surface area contributed by atoms with Crippen LogP contribution in [0.3, 0.4) is 0 Å². The largest absolute Gasteiger partial charge is 0.372 e. The molecule has 124 valence electrons. The van der Waals surface area contributed by atoms with Crippen molar-refractivity contribution in [2.24, 2.45) is 11.1 Å². The first-order valence-corrected chi connectivity index (χ1v) is 8.70. The molecular weight excluding hydrogens is 324 g/mol. The van der Waals surface area contributed by atoms with Crippen LogP contribution in [0.1, 0.15) is 31.4 Å². The van der Waals surface area contributed by atoms with Crippen molar-refractivity contribution >= 4 is 22.4 Å². The molecule has 0 radical (unpaired) electrons.